The van der Waals surface area contributed by atoms with E-state index in [-0.39, 0.29) is 25.2 Å². The molecule has 7 nitrogen and oxygen atoms in total. The highest BCUT2D eigenvalue weighted by atomic mass is 79.9. The van der Waals surface area contributed by atoms with Crippen molar-refractivity contribution in [2.24, 2.45) is 5.92 Å². The normalized spacial score (nSPS) is 19.5. The van der Waals surface area contributed by atoms with Crippen molar-refractivity contribution in [1.29, 1.82) is 0 Å². The second-order valence-electron chi connectivity index (χ2n) is 6.67. The topological polar surface area (TPSA) is 84.9 Å². The van der Waals surface area contributed by atoms with Crippen molar-refractivity contribution < 1.29 is 22.7 Å². The molecule has 0 saturated carbocycles. The van der Waals surface area contributed by atoms with Gasteiger partial charge >= 0.3 is 0 Å². The zero-order valence-electron chi connectivity index (χ0n) is 14.9. The maximum atomic E-state index is 12.8. The Bertz CT molecular complexity index is 992. The lowest BCUT2D eigenvalue weighted by molar-refractivity contribution is -0.126. The molecular weight excluding hydrogens is 468 g/mol. The van der Waals surface area contributed by atoms with Crippen molar-refractivity contribution in [3.8, 4) is 11.5 Å². The van der Waals surface area contributed by atoms with Crippen LogP contribution in [0.4, 0.5) is 0 Å². The number of rotatable bonds is 5. The summed E-state index contributed by atoms with van der Waals surface area (Å²) in [6.45, 7) is 1.20. The van der Waals surface area contributed by atoms with Gasteiger partial charge < -0.3 is 14.8 Å². The molecule has 2 aliphatic rings. The highest BCUT2D eigenvalue weighted by Crippen LogP contribution is 2.33. The van der Waals surface area contributed by atoms with Crippen molar-refractivity contribution in [3.05, 3.63) is 39.7 Å². The average molecular weight is 487 g/mol. The number of piperidine rings is 1. The third-order valence-corrected chi connectivity index (χ3v) is 8.76. The van der Waals surface area contributed by atoms with Crippen molar-refractivity contribution in [1.82, 2.24) is 9.62 Å². The molecule has 0 spiro atoms. The van der Waals surface area contributed by atoms with Crippen molar-refractivity contribution in [2.75, 3.05) is 19.9 Å². The predicted octanol–water partition coefficient (Wildman–Crippen LogP) is 2.96. The van der Waals surface area contributed by atoms with Crippen LogP contribution < -0.4 is 14.8 Å². The number of ether oxygens (including phenoxy) is 2. The number of halogens is 1. The standard InChI is InChI=1S/C18H19BrN2O5S2/c19-16-5-6-17(27-16)28(23,24)21-7-1-2-13(10-21)18(22)20-9-12-3-4-14-15(8-12)26-11-25-14/h3-6,8,13H,1-2,7,9-11H2,(H,20,22)/t13-/m0/s1. The summed E-state index contributed by atoms with van der Waals surface area (Å²) in [5.41, 5.74) is 0.904. The second-order valence-corrected chi connectivity index (χ2v) is 11.3. The summed E-state index contributed by atoms with van der Waals surface area (Å²) in [6, 6.07) is 8.84. The fourth-order valence-electron chi connectivity index (χ4n) is 3.32. The van der Waals surface area contributed by atoms with Gasteiger partial charge in [0.05, 0.1) is 9.70 Å². The van der Waals surface area contributed by atoms with E-state index < -0.39 is 10.0 Å². The maximum absolute atomic E-state index is 12.8. The number of fused-ring (bicyclic) bond motifs is 1. The van der Waals surface area contributed by atoms with E-state index in [9.17, 15) is 13.2 Å². The molecule has 1 saturated heterocycles. The van der Waals surface area contributed by atoms with Crippen LogP contribution in [0, 0.1) is 5.92 Å². The van der Waals surface area contributed by atoms with E-state index in [1.165, 1.54) is 15.6 Å². The molecule has 0 bridgehead atoms. The first-order chi connectivity index (χ1) is 13.4. The van der Waals surface area contributed by atoms with Gasteiger partial charge in [0.2, 0.25) is 12.7 Å². The van der Waals surface area contributed by atoms with E-state index in [2.05, 4.69) is 21.2 Å². The van der Waals surface area contributed by atoms with E-state index >= 15 is 0 Å². The zero-order valence-corrected chi connectivity index (χ0v) is 18.1. The molecule has 0 aliphatic carbocycles. The minimum Gasteiger partial charge on any atom is -0.454 e. The van der Waals surface area contributed by atoms with Crippen LogP contribution in [0.15, 0.2) is 38.3 Å². The highest BCUT2D eigenvalue weighted by molar-refractivity contribution is 9.11. The Kier molecular flexibility index (Phi) is 5.64. The summed E-state index contributed by atoms with van der Waals surface area (Å²) in [4.78, 5) is 12.6. The highest BCUT2D eigenvalue weighted by Gasteiger charge is 2.34. The van der Waals surface area contributed by atoms with Crippen LogP contribution in [0.25, 0.3) is 0 Å². The zero-order chi connectivity index (χ0) is 19.7. The minimum atomic E-state index is -3.57. The van der Waals surface area contributed by atoms with Gasteiger partial charge in [-0.05, 0) is 58.6 Å². The maximum Gasteiger partial charge on any atom is 0.252 e. The van der Waals surface area contributed by atoms with Gasteiger partial charge in [0.1, 0.15) is 4.21 Å². The first-order valence-corrected chi connectivity index (χ1v) is 11.9. The molecule has 4 rings (SSSR count). The number of sulfonamides is 1. The molecule has 1 amide bonds. The SMILES string of the molecule is O=C(NCc1ccc2c(c1)OCO2)[C@H]1CCCN(S(=O)(=O)c2ccc(Br)s2)C1. The molecule has 1 N–H and O–H groups in total. The van der Waals surface area contributed by atoms with E-state index in [1.807, 2.05) is 18.2 Å². The van der Waals surface area contributed by atoms with E-state index in [4.69, 9.17) is 9.47 Å². The van der Waals surface area contributed by atoms with Crippen molar-refractivity contribution >= 4 is 43.2 Å². The van der Waals surface area contributed by atoms with Gasteiger partial charge in [-0.2, -0.15) is 4.31 Å². The summed E-state index contributed by atoms with van der Waals surface area (Å²) < 4.78 is 38.7. The third kappa shape index (κ3) is 4.05. The third-order valence-electron chi connectivity index (χ3n) is 4.80. The minimum absolute atomic E-state index is 0.134. The number of benzene rings is 1. The molecule has 3 heterocycles. The molecule has 28 heavy (non-hydrogen) atoms. The lowest BCUT2D eigenvalue weighted by Gasteiger charge is -2.30. The van der Waals surface area contributed by atoms with Crippen molar-refractivity contribution in [3.63, 3.8) is 0 Å². The monoisotopic (exact) mass is 486 g/mol. The molecule has 1 aromatic carbocycles. The van der Waals surface area contributed by atoms with Crippen LogP contribution in [0.1, 0.15) is 18.4 Å². The molecular formula is C18H19BrN2O5S2. The van der Waals surface area contributed by atoms with Crippen LogP contribution >= 0.6 is 27.3 Å². The smallest absolute Gasteiger partial charge is 0.252 e. The van der Waals surface area contributed by atoms with Crippen LogP contribution in [-0.4, -0.2) is 38.5 Å². The molecule has 1 aromatic heterocycles. The number of nitrogens with zero attached hydrogens (tertiary/aromatic N) is 1. The summed E-state index contributed by atoms with van der Waals surface area (Å²) in [7, 11) is -3.57. The Morgan fingerprint density at radius 2 is 2.07 bits per heavy atom. The largest absolute Gasteiger partial charge is 0.454 e. The molecule has 150 valence electrons. The predicted molar refractivity (Wildman–Crippen MR) is 108 cm³/mol. The first kappa shape index (κ1) is 19.7. The van der Waals surface area contributed by atoms with E-state index in [0.29, 0.717) is 41.6 Å². The molecule has 1 fully saturated rings. The first-order valence-electron chi connectivity index (χ1n) is 8.85. The number of carbonyl (C=O) groups excluding carboxylic acids is 1. The van der Waals surface area contributed by atoms with Gasteiger partial charge in [0, 0.05) is 19.6 Å². The molecule has 1 atom stereocenters. The number of nitrogens with one attached hydrogen (secondary N) is 1. The van der Waals surface area contributed by atoms with Gasteiger partial charge in [-0.1, -0.05) is 6.07 Å². The molecule has 0 unspecified atom stereocenters. The van der Waals surface area contributed by atoms with Gasteiger partial charge in [-0.15, -0.1) is 11.3 Å². The average Bonchev–Trinajstić information content (AvgIpc) is 3.34. The quantitative estimate of drug-likeness (QED) is 0.701. The Balaban J connectivity index is 1.38. The summed E-state index contributed by atoms with van der Waals surface area (Å²) in [5.74, 6) is 0.873. The Hall–Kier alpha value is -1.62. The molecule has 0 radical (unpaired) electrons. The fraction of sp³-hybridized carbons (Fsp3) is 0.389. The number of hydrogen-bond acceptors (Lipinski definition) is 6. The molecule has 2 aliphatic heterocycles. The van der Waals surface area contributed by atoms with Crippen LogP contribution in [0.3, 0.4) is 0 Å². The van der Waals surface area contributed by atoms with Crippen LogP contribution in [-0.2, 0) is 21.4 Å². The second kappa shape index (κ2) is 8.02. The number of carbonyl (C=O) groups is 1. The number of thiophene rings is 1. The lowest BCUT2D eigenvalue weighted by atomic mass is 9.98. The molecule has 2 aromatic rings. The lowest BCUT2D eigenvalue weighted by Crippen LogP contribution is -2.45. The van der Waals surface area contributed by atoms with Gasteiger partial charge in [0.25, 0.3) is 10.0 Å². The Morgan fingerprint density at radius 3 is 2.86 bits per heavy atom. The Labute approximate surface area is 175 Å². The van der Waals surface area contributed by atoms with E-state index in [1.54, 1.807) is 12.1 Å². The fourth-order valence-corrected chi connectivity index (χ4v) is 7.01. The number of hydrogen-bond donors (Lipinski definition) is 1. The Morgan fingerprint density at radius 1 is 1.25 bits per heavy atom. The summed E-state index contributed by atoms with van der Waals surface area (Å²) >= 11 is 4.48. The van der Waals surface area contributed by atoms with Gasteiger partial charge in [-0.3, -0.25) is 4.79 Å². The summed E-state index contributed by atoms with van der Waals surface area (Å²) in [6.07, 6.45) is 1.33. The van der Waals surface area contributed by atoms with Crippen LogP contribution in [0.2, 0.25) is 0 Å². The van der Waals surface area contributed by atoms with Gasteiger partial charge in [0.15, 0.2) is 11.5 Å². The molecule has 10 heteroatoms. The van der Waals surface area contributed by atoms with Crippen molar-refractivity contribution in [2.45, 2.75) is 23.6 Å². The van der Waals surface area contributed by atoms with Crippen LogP contribution in [0.5, 0.6) is 11.5 Å². The van der Waals surface area contributed by atoms with Gasteiger partial charge in [-0.25, -0.2) is 8.42 Å². The summed E-state index contributed by atoms with van der Waals surface area (Å²) in [5, 5.41) is 2.91. The van der Waals surface area contributed by atoms with E-state index in [0.717, 1.165) is 9.35 Å². The number of amides is 1.